The summed E-state index contributed by atoms with van der Waals surface area (Å²) in [7, 11) is -4.12. The van der Waals surface area contributed by atoms with Gasteiger partial charge in [0.05, 0.1) is 10.6 Å². The zero-order valence-electron chi connectivity index (χ0n) is 22.1. The lowest BCUT2D eigenvalue weighted by Gasteiger charge is -2.33. The Morgan fingerprint density at radius 2 is 1.66 bits per heavy atom. The van der Waals surface area contributed by atoms with E-state index in [9.17, 15) is 18.0 Å². The van der Waals surface area contributed by atoms with E-state index in [1.54, 1.807) is 43.3 Å². The number of nitrogens with zero attached hydrogens (tertiary/aromatic N) is 2. The Balaban J connectivity index is 2.08. The van der Waals surface area contributed by atoms with Crippen LogP contribution in [-0.4, -0.2) is 44.3 Å². The summed E-state index contributed by atoms with van der Waals surface area (Å²) in [4.78, 5) is 28.5. The standard InChI is InChI=1S/C29H34ClN3O4S/c1-5-26(29(35)31-6-2)32(19-23-12-10-11-21(3)17-23)28(34)20-33(27-16-15-24(30)18-22(27)4)38(36,37)25-13-8-7-9-14-25/h7-18,26H,5-6,19-20H2,1-4H3,(H,31,35)/t26-/m1/s1. The fourth-order valence-electron chi connectivity index (χ4n) is 4.35. The molecule has 2 amide bonds. The molecule has 0 aromatic heterocycles. The van der Waals surface area contributed by atoms with Crippen molar-refractivity contribution < 1.29 is 18.0 Å². The van der Waals surface area contributed by atoms with E-state index in [0.29, 0.717) is 29.2 Å². The maximum absolute atomic E-state index is 14.0. The van der Waals surface area contributed by atoms with E-state index in [1.165, 1.54) is 17.0 Å². The lowest BCUT2D eigenvalue weighted by molar-refractivity contribution is -0.140. The molecule has 7 nitrogen and oxygen atoms in total. The van der Waals surface area contributed by atoms with Crippen LogP contribution in [0.5, 0.6) is 0 Å². The minimum Gasteiger partial charge on any atom is -0.355 e. The largest absolute Gasteiger partial charge is 0.355 e. The van der Waals surface area contributed by atoms with E-state index in [4.69, 9.17) is 11.6 Å². The SMILES string of the molecule is CCNC(=O)[C@@H](CC)N(Cc1cccc(C)c1)C(=O)CN(c1ccc(Cl)cc1C)S(=O)(=O)c1ccccc1. The van der Waals surface area contributed by atoms with Gasteiger partial charge in [0.25, 0.3) is 10.0 Å². The van der Waals surface area contributed by atoms with Gasteiger partial charge in [0.15, 0.2) is 0 Å². The van der Waals surface area contributed by atoms with Crippen LogP contribution in [0.3, 0.4) is 0 Å². The predicted octanol–water partition coefficient (Wildman–Crippen LogP) is 5.10. The molecule has 3 aromatic carbocycles. The molecular weight excluding hydrogens is 522 g/mol. The van der Waals surface area contributed by atoms with Gasteiger partial charge < -0.3 is 10.2 Å². The molecule has 0 unspecified atom stereocenters. The highest BCUT2D eigenvalue weighted by Crippen LogP contribution is 2.29. The maximum atomic E-state index is 14.0. The zero-order valence-corrected chi connectivity index (χ0v) is 23.7. The fourth-order valence-corrected chi connectivity index (χ4v) is 6.08. The van der Waals surface area contributed by atoms with E-state index in [2.05, 4.69) is 5.32 Å². The van der Waals surface area contributed by atoms with Crippen molar-refractivity contribution in [1.82, 2.24) is 10.2 Å². The quantitative estimate of drug-likeness (QED) is 0.357. The molecule has 0 fully saturated rings. The number of carbonyl (C=O) groups excluding carboxylic acids is 2. The van der Waals surface area contributed by atoms with Gasteiger partial charge in [0, 0.05) is 18.1 Å². The fraction of sp³-hybridized carbons (Fsp3) is 0.310. The van der Waals surface area contributed by atoms with E-state index >= 15 is 0 Å². The van der Waals surface area contributed by atoms with Crippen LogP contribution in [0.2, 0.25) is 5.02 Å². The van der Waals surface area contributed by atoms with Gasteiger partial charge in [-0.25, -0.2) is 8.42 Å². The van der Waals surface area contributed by atoms with Crippen LogP contribution in [0.4, 0.5) is 5.69 Å². The Kier molecular flexibility index (Phi) is 9.94. The summed E-state index contributed by atoms with van der Waals surface area (Å²) in [5, 5.41) is 3.26. The van der Waals surface area contributed by atoms with Gasteiger partial charge in [-0.2, -0.15) is 0 Å². The van der Waals surface area contributed by atoms with E-state index < -0.39 is 28.5 Å². The van der Waals surface area contributed by atoms with Crippen LogP contribution >= 0.6 is 11.6 Å². The van der Waals surface area contributed by atoms with Crippen molar-refractivity contribution >= 4 is 39.1 Å². The average molecular weight is 556 g/mol. The summed E-state index contributed by atoms with van der Waals surface area (Å²) < 4.78 is 28.8. The highest BCUT2D eigenvalue weighted by molar-refractivity contribution is 7.92. The van der Waals surface area contributed by atoms with Crippen LogP contribution in [0.1, 0.15) is 37.0 Å². The number of carbonyl (C=O) groups is 2. The summed E-state index contributed by atoms with van der Waals surface area (Å²) >= 11 is 6.15. The molecule has 0 spiro atoms. The molecule has 3 rings (SSSR count). The minimum atomic E-state index is -4.12. The molecule has 3 aromatic rings. The molecule has 0 radical (unpaired) electrons. The summed E-state index contributed by atoms with van der Waals surface area (Å²) in [5.74, 6) is -0.769. The van der Waals surface area contributed by atoms with Crippen LogP contribution in [-0.2, 0) is 26.2 Å². The van der Waals surface area contributed by atoms with Crippen LogP contribution < -0.4 is 9.62 Å². The molecule has 0 saturated carbocycles. The molecule has 0 aliphatic heterocycles. The second kappa shape index (κ2) is 12.9. The first-order valence-electron chi connectivity index (χ1n) is 12.5. The first-order chi connectivity index (χ1) is 18.1. The van der Waals surface area contributed by atoms with E-state index in [1.807, 2.05) is 45.0 Å². The van der Waals surface area contributed by atoms with Gasteiger partial charge >= 0.3 is 0 Å². The zero-order chi connectivity index (χ0) is 27.9. The van der Waals surface area contributed by atoms with Crippen LogP contribution in [0.15, 0.2) is 77.7 Å². The third-order valence-electron chi connectivity index (χ3n) is 6.21. The van der Waals surface area contributed by atoms with Crippen molar-refractivity contribution in [3.8, 4) is 0 Å². The van der Waals surface area contributed by atoms with Crippen molar-refractivity contribution in [2.45, 2.75) is 51.6 Å². The number of aryl methyl sites for hydroxylation is 2. The number of rotatable bonds is 11. The molecule has 0 saturated heterocycles. The summed E-state index contributed by atoms with van der Waals surface area (Å²) in [6.07, 6.45) is 0.370. The Hall–Kier alpha value is -3.36. The Morgan fingerprint density at radius 3 is 2.26 bits per heavy atom. The monoisotopic (exact) mass is 555 g/mol. The second-order valence-corrected chi connectivity index (χ2v) is 11.4. The van der Waals surface area contributed by atoms with Crippen molar-refractivity contribution in [3.05, 3.63) is 94.5 Å². The number of nitrogens with one attached hydrogen (secondary N) is 1. The number of hydrogen-bond acceptors (Lipinski definition) is 4. The van der Waals surface area contributed by atoms with Gasteiger partial charge in [0.2, 0.25) is 11.8 Å². The lowest BCUT2D eigenvalue weighted by atomic mass is 10.1. The Morgan fingerprint density at radius 1 is 0.947 bits per heavy atom. The van der Waals surface area contributed by atoms with Crippen molar-refractivity contribution in [3.63, 3.8) is 0 Å². The number of sulfonamides is 1. The lowest BCUT2D eigenvalue weighted by Crippen LogP contribution is -2.52. The van der Waals surface area contributed by atoms with Gasteiger partial charge in [-0.15, -0.1) is 0 Å². The summed E-state index contributed by atoms with van der Waals surface area (Å²) in [5.41, 5.74) is 2.81. The summed E-state index contributed by atoms with van der Waals surface area (Å²) in [6, 6.07) is 19.7. The number of anilines is 1. The number of hydrogen-bond donors (Lipinski definition) is 1. The molecule has 1 N–H and O–H groups in total. The van der Waals surface area contributed by atoms with Gasteiger partial charge in [-0.05, 0) is 68.7 Å². The topological polar surface area (TPSA) is 86.8 Å². The smallest absolute Gasteiger partial charge is 0.264 e. The van der Waals surface area contributed by atoms with Crippen molar-refractivity contribution in [2.75, 3.05) is 17.4 Å². The minimum absolute atomic E-state index is 0.0585. The van der Waals surface area contributed by atoms with Gasteiger partial charge in [0.1, 0.15) is 12.6 Å². The number of benzene rings is 3. The highest BCUT2D eigenvalue weighted by Gasteiger charge is 2.34. The Bertz CT molecular complexity index is 1380. The van der Waals surface area contributed by atoms with E-state index in [0.717, 1.165) is 15.4 Å². The van der Waals surface area contributed by atoms with Crippen molar-refractivity contribution in [1.29, 1.82) is 0 Å². The molecular formula is C29H34ClN3O4S. The number of amides is 2. The highest BCUT2D eigenvalue weighted by atomic mass is 35.5. The first kappa shape index (κ1) is 29.2. The molecule has 9 heteroatoms. The number of likely N-dealkylation sites (N-methyl/N-ethyl adjacent to an activating group) is 1. The third kappa shape index (κ3) is 6.94. The number of halogens is 1. The normalized spacial score (nSPS) is 12.0. The maximum Gasteiger partial charge on any atom is 0.264 e. The molecule has 202 valence electrons. The molecule has 1 atom stereocenters. The summed E-state index contributed by atoms with van der Waals surface area (Å²) in [6.45, 7) is 7.44. The van der Waals surface area contributed by atoms with Crippen molar-refractivity contribution in [2.24, 2.45) is 0 Å². The van der Waals surface area contributed by atoms with Gasteiger partial charge in [-0.3, -0.25) is 13.9 Å². The average Bonchev–Trinajstić information content (AvgIpc) is 2.88. The Labute approximate surface area is 230 Å². The first-order valence-corrected chi connectivity index (χ1v) is 14.4. The third-order valence-corrected chi connectivity index (χ3v) is 8.22. The van der Waals surface area contributed by atoms with E-state index in [-0.39, 0.29) is 17.3 Å². The predicted molar refractivity (Wildman–Crippen MR) is 152 cm³/mol. The molecule has 0 heterocycles. The second-order valence-electron chi connectivity index (χ2n) is 9.08. The molecule has 0 aliphatic rings. The molecule has 0 bridgehead atoms. The molecule has 0 aliphatic carbocycles. The van der Waals surface area contributed by atoms with Gasteiger partial charge in [-0.1, -0.05) is 66.6 Å². The van der Waals surface area contributed by atoms with Crippen LogP contribution in [0, 0.1) is 13.8 Å². The molecule has 38 heavy (non-hydrogen) atoms. The van der Waals surface area contributed by atoms with Crippen LogP contribution in [0.25, 0.3) is 0 Å².